The highest BCUT2D eigenvalue weighted by atomic mass is 16.4. The lowest BCUT2D eigenvalue weighted by molar-refractivity contribution is -0.140. The molecule has 4 nitrogen and oxygen atoms in total. The fourth-order valence-corrected chi connectivity index (χ4v) is 1.19. The van der Waals surface area contributed by atoms with Crippen molar-refractivity contribution in [2.75, 3.05) is 0 Å². The first-order chi connectivity index (χ1) is 6.66. The van der Waals surface area contributed by atoms with E-state index in [2.05, 4.69) is 4.98 Å². The number of rotatable bonds is 4. The van der Waals surface area contributed by atoms with E-state index in [0.717, 1.165) is 0 Å². The van der Waals surface area contributed by atoms with Crippen LogP contribution in [-0.2, 0) is 4.79 Å². The maximum Gasteiger partial charge on any atom is 0.314 e. The molecule has 0 amide bonds. The first kappa shape index (κ1) is 10.4. The summed E-state index contributed by atoms with van der Waals surface area (Å²) in [5, 5.41) is 8.77. The van der Waals surface area contributed by atoms with Gasteiger partial charge in [0.25, 0.3) is 0 Å². The Balaban J connectivity index is 2.89. The summed E-state index contributed by atoms with van der Waals surface area (Å²) in [4.78, 5) is 26.1. The van der Waals surface area contributed by atoms with Gasteiger partial charge >= 0.3 is 5.97 Å². The van der Waals surface area contributed by atoms with Crippen LogP contribution in [-0.4, -0.2) is 21.8 Å². The minimum Gasteiger partial charge on any atom is -0.481 e. The van der Waals surface area contributed by atoms with Crippen molar-refractivity contribution in [3.8, 4) is 0 Å². The quantitative estimate of drug-likeness (QED) is 0.579. The molecule has 4 heteroatoms. The summed E-state index contributed by atoms with van der Waals surface area (Å²) < 4.78 is 0. The number of hydrogen-bond donors (Lipinski definition) is 1. The van der Waals surface area contributed by atoms with Gasteiger partial charge in [-0.05, 0) is 18.6 Å². The molecule has 0 unspecified atom stereocenters. The molecular weight excluding hydrogens is 182 g/mol. The molecule has 0 spiro atoms. The molecular formula is C10H11NO3. The van der Waals surface area contributed by atoms with Crippen LogP contribution in [0.25, 0.3) is 0 Å². The SMILES string of the molecule is CC[C@@H](C(=O)O)C(=O)c1ccncc1. The van der Waals surface area contributed by atoms with Crippen molar-refractivity contribution in [3.05, 3.63) is 30.1 Å². The molecule has 1 heterocycles. The Morgan fingerprint density at radius 1 is 1.43 bits per heavy atom. The number of carbonyl (C=O) groups excluding carboxylic acids is 1. The third kappa shape index (κ3) is 2.16. The lowest BCUT2D eigenvalue weighted by Gasteiger charge is -2.07. The van der Waals surface area contributed by atoms with Crippen LogP contribution in [0.2, 0.25) is 0 Å². The molecule has 14 heavy (non-hydrogen) atoms. The van der Waals surface area contributed by atoms with E-state index in [1.165, 1.54) is 24.5 Å². The van der Waals surface area contributed by atoms with Crippen LogP contribution in [0.15, 0.2) is 24.5 Å². The number of carboxylic acids is 1. The van der Waals surface area contributed by atoms with Gasteiger partial charge in [-0.15, -0.1) is 0 Å². The summed E-state index contributed by atoms with van der Waals surface area (Å²) in [6.07, 6.45) is 3.25. The maximum absolute atomic E-state index is 11.6. The van der Waals surface area contributed by atoms with Gasteiger partial charge in [-0.25, -0.2) is 0 Å². The van der Waals surface area contributed by atoms with Gasteiger partial charge in [0.1, 0.15) is 5.92 Å². The van der Waals surface area contributed by atoms with Crippen LogP contribution >= 0.6 is 0 Å². The highest BCUT2D eigenvalue weighted by molar-refractivity contribution is 6.08. The van der Waals surface area contributed by atoms with E-state index < -0.39 is 11.9 Å². The van der Waals surface area contributed by atoms with Gasteiger partial charge in [0.15, 0.2) is 5.78 Å². The molecule has 0 fully saturated rings. The Morgan fingerprint density at radius 2 is 2.00 bits per heavy atom. The second-order valence-electron chi connectivity index (χ2n) is 2.90. The molecule has 0 radical (unpaired) electrons. The normalized spacial score (nSPS) is 12.1. The van der Waals surface area contributed by atoms with Gasteiger partial charge in [0.2, 0.25) is 0 Å². The van der Waals surface area contributed by atoms with Gasteiger partial charge in [0, 0.05) is 18.0 Å². The zero-order valence-corrected chi connectivity index (χ0v) is 7.80. The maximum atomic E-state index is 11.6. The van der Waals surface area contributed by atoms with Gasteiger partial charge in [0.05, 0.1) is 0 Å². The number of carboxylic acid groups (broad SMARTS) is 1. The number of Topliss-reactive ketones (excluding diaryl/α,β-unsaturated/α-hetero) is 1. The molecule has 74 valence electrons. The fourth-order valence-electron chi connectivity index (χ4n) is 1.19. The van der Waals surface area contributed by atoms with E-state index in [9.17, 15) is 9.59 Å². The van der Waals surface area contributed by atoms with Gasteiger partial charge < -0.3 is 5.11 Å². The molecule has 0 aliphatic heterocycles. The number of aliphatic carboxylic acids is 1. The summed E-state index contributed by atoms with van der Waals surface area (Å²) in [5.41, 5.74) is 0.397. The van der Waals surface area contributed by atoms with Crippen LogP contribution in [0, 0.1) is 5.92 Å². The van der Waals surface area contributed by atoms with E-state index in [4.69, 9.17) is 5.11 Å². The monoisotopic (exact) mass is 193 g/mol. The van der Waals surface area contributed by atoms with Crippen molar-refractivity contribution in [1.29, 1.82) is 0 Å². The van der Waals surface area contributed by atoms with E-state index >= 15 is 0 Å². The number of nitrogens with zero attached hydrogens (tertiary/aromatic N) is 1. The zero-order chi connectivity index (χ0) is 10.6. The second-order valence-corrected chi connectivity index (χ2v) is 2.90. The van der Waals surface area contributed by atoms with Crippen LogP contribution in [0.4, 0.5) is 0 Å². The fraction of sp³-hybridized carbons (Fsp3) is 0.300. The Labute approximate surface area is 81.6 Å². The lowest BCUT2D eigenvalue weighted by Crippen LogP contribution is -2.23. The number of hydrogen-bond acceptors (Lipinski definition) is 3. The molecule has 1 aromatic heterocycles. The number of aromatic nitrogens is 1. The van der Waals surface area contributed by atoms with Crippen molar-refractivity contribution in [3.63, 3.8) is 0 Å². The van der Waals surface area contributed by atoms with Gasteiger partial charge in [-0.2, -0.15) is 0 Å². The summed E-state index contributed by atoms with van der Waals surface area (Å²) in [6.45, 7) is 1.68. The molecule has 0 aliphatic carbocycles. The third-order valence-corrected chi connectivity index (χ3v) is 1.99. The van der Waals surface area contributed by atoms with Crippen molar-refractivity contribution < 1.29 is 14.7 Å². The Hall–Kier alpha value is -1.71. The molecule has 1 N–H and O–H groups in total. The highest BCUT2D eigenvalue weighted by Gasteiger charge is 2.24. The summed E-state index contributed by atoms with van der Waals surface area (Å²) in [7, 11) is 0. The van der Waals surface area contributed by atoms with Crippen molar-refractivity contribution in [1.82, 2.24) is 4.98 Å². The van der Waals surface area contributed by atoms with Crippen molar-refractivity contribution in [2.24, 2.45) is 5.92 Å². The first-order valence-corrected chi connectivity index (χ1v) is 4.33. The molecule has 1 rings (SSSR count). The van der Waals surface area contributed by atoms with Gasteiger partial charge in [-0.1, -0.05) is 6.92 Å². The van der Waals surface area contributed by atoms with E-state index in [1.54, 1.807) is 6.92 Å². The van der Waals surface area contributed by atoms with Crippen molar-refractivity contribution in [2.45, 2.75) is 13.3 Å². The largest absolute Gasteiger partial charge is 0.481 e. The van der Waals surface area contributed by atoms with E-state index in [-0.39, 0.29) is 5.78 Å². The molecule has 0 saturated carbocycles. The molecule has 0 saturated heterocycles. The van der Waals surface area contributed by atoms with E-state index in [1.807, 2.05) is 0 Å². The average molecular weight is 193 g/mol. The average Bonchev–Trinajstić information content (AvgIpc) is 2.19. The highest BCUT2D eigenvalue weighted by Crippen LogP contribution is 2.11. The molecule has 0 aliphatic rings. The minimum absolute atomic E-state index is 0.302. The zero-order valence-electron chi connectivity index (χ0n) is 7.80. The van der Waals surface area contributed by atoms with Crippen LogP contribution in [0.3, 0.4) is 0 Å². The summed E-state index contributed by atoms with van der Waals surface area (Å²) >= 11 is 0. The first-order valence-electron chi connectivity index (χ1n) is 4.33. The van der Waals surface area contributed by atoms with Crippen LogP contribution in [0.5, 0.6) is 0 Å². The summed E-state index contributed by atoms with van der Waals surface area (Å²) in [6, 6.07) is 3.04. The molecule has 0 aromatic carbocycles. The van der Waals surface area contributed by atoms with Crippen LogP contribution < -0.4 is 0 Å². The Kier molecular flexibility index (Phi) is 3.34. The number of pyridine rings is 1. The minimum atomic E-state index is -1.07. The smallest absolute Gasteiger partial charge is 0.314 e. The van der Waals surface area contributed by atoms with Crippen molar-refractivity contribution >= 4 is 11.8 Å². The van der Waals surface area contributed by atoms with Crippen LogP contribution in [0.1, 0.15) is 23.7 Å². The second kappa shape index (κ2) is 4.50. The third-order valence-electron chi connectivity index (χ3n) is 1.99. The molecule has 1 atom stereocenters. The Bertz CT molecular complexity index is 334. The predicted molar refractivity (Wildman–Crippen MR) is 50.0 cm³/mol. The lowest BCUT2D eigenvalue weighted by atomic mass is 9.96. The van der Waals surface area contributed by atoms with E-state index in [0.29, 0.717) is 12.0 Å². The predicted octanol–water partition coefficient (Wildman–Crippen LogP) is 1.38. The Morgan fingerprint density at radius 3 is 2.43 bits per heavy atom. The standard InChI is InChI=1S/C10H11NO3/c1-2-8(10(13)14)9(12)7-3-5-11-6-4-7/h3-6,8H,2H2,1H3,(H,13,14)/t8-/m1/s1. The summed E-state index contributed by atoms with van der Waals surface area (Å²) in [5.74, 6) is -2.38. The van der Waals surface area contributed by atoms with Gasteiger partial charge in [-0.3, -0.25) is 14.6 Å². The molecule has 1 aromatic rings. The number of carbonyl (C=O) groups is 2. The molecule has 0 bridgehead atoms. The number of ketones is 1. The topological polar surface area (TPSA) is 67.3 Å².